The van der Waals surface area contributed by atoms with E-state index in [2.05, 4.69) is 10.00 Å². The highest BCUT2D eigenvalue weighted by Crippen LogP contribution is 2.32. The largest absolute Gasteiger partial charge is 0.381 e. The van der Waals surface area contributed by atoms with Crippen molar-refractivity contribution in [2.45, 2.75) is 56.9 Å². The minimum Gasteiger partial charge on any atom is -0.381 e. The minimum atomic E-state index is 0.225. The number of aromatic nitrogens is 2. The van der Waals surface area contributed by atoms with Gasteiger partial charge in [0.15, 0.2) is 0 Å². The first kappa shape index (κ1) is 17.5. The van der Waals surface area contributed by atoms with E-state index >= 15 is 0 Å². The van der Waals surface area contributed by atoms with Crippen LogP contribution in [0.1, 0.15) is 32.1 Å². The Morgan fingerprint density at radius 2 is 2.08 bits per heavy atom. The second-order valence-electron chi connectivity index (χ2n) is 7.59. The molecule has 0 bridgehead atoms. The summed E-state index contributed by atoms with van der Waals surface area (Å²) in [5.41, 5.74) is 0. The van der Waals surface area contributed by atoms with Crippen LogP contribution in [-0.4, -0.2) is 72.4 Å². The van der Waals surface area contributed by atoms with Gasteiger partial charge in [0, 0.05) is 64.5 Å². The zero-order valence-corrected chi connectivity index (χ0v) is 15.1. The van der Waals surface area contributed by atoms with Crippen molar-refractivity contribution >= 4 is 0 Å². The summed E-state index contributed by atoms with van der Waals surface area (Å²) in [6.45, 7) is 6.64. The molecule has 0 aromatic carbocycles. The highest BCUT2D eigenvalue weighted by Gasteiger charge is 2.45. The summed E-state index contributed by atoms with van der Waals surface area (Å²) in [7, 11) is 0. The fraction of sp³-hybridized carbons (Fsp3) is 0.842. The summed E-state index contributed by atoms with van der Waals surface area (Å²) in [5, 5.41) is 4.25. The smallest absolute Gasteiger partial charge is 0.100 e. The summed E-state index contributed by atoms with van der Waals surface area (Å²) >= 11 is 0. The van der Waals surface area contributed by atoms with Gasteiger partial charge in [0.25, 0.3) is 0 Å². The molecule has 0 amide bonds. The molecule has 1 aromatic rings. The van der Waals surface area contributed by atoms with E-state index in [-0.39, 0.29) is 12.2 Å². The standard InChI is InChI=1S/C19H31N3O3/c1-4-17-19(25-10-1)18(24-11-3-9-22-8-2-7-20-22)15-21(17)14-16-5-12-23-13-6-16/h2,7-8,16-19H,1,3-6,9-15H2/t17-,18+,19+/m0/s1. The van der Waals surface area contributed by atoms with Crippen molar-refractivity contribution in [2.24, 2.45) is 5.92 Å². The van der Waals surface area contributed by atoms with Crippen LogP contribution in [0.25, 0.3) is 0 Å². The third kappa shape index (κ3) is 4.42. The number of rotatable bonds is 7. The van der Waals surface area contributed by atoms with Crippen LogP contribution in [0.4, 0.5) is 0 Å². The van der Waals surface area contributed by atoms with Gasteiger partial charge in [-0.25, -0.2) is 0 Å². The van der Waals surface area contributed by atoms with E-state index < -0.39 is 0 Å². The van der Waals surface area contributed by atoms with E-state index in [1.807, 2.05) is 23.1 Å². The molecule has 4 heterocycles. The van der Waals surface area contributed by atoms with Gasteiger partial charge in [-0.1, -0.05) is 0 Å². The Morgan fingerprint density at radius 3 is 2.92 bits per heavy atom. The van der Waals surface area contributed by atoms with Crippen LogP contribution in [0.15, 0.2) is 18.5 Å². The van der Waals surface area contributed by atoms with Crippen LogP contribution in [-0.2, 0) is 20.8 Å². The van der Waals surface area contributed by atoms with E-state index in [1.54, 1.807) is 0 Å². The third-order valence-corrected chi connectivity index (χ3v) is 5.84. The van der Waals surface area contributed by atoms with Gasteiger partial charge in [-0.15, -0.1) is 0 Å². The molecule has 6 heteroatoms. The number of fused-ring (bicyclic) bond motifs is 1. The molecule has 6 nitrogen and oxygen atoms in total. The number of ether oxygens (including phenoxy) is 3. The Kier molecular flexibility index (Phi) is 6.02. The van der Waals surface area contributed by atoms with Crippen LogP contribution < -0.4 is 0 Å². The lowest BCUT2D eigenvalue weighted by Gasteiger charge is -2.34. The first-order valence-electron chi connectivity index (χ1n) is 9.92. The fourth-order valence-electron chi connectivity index (χ4n) is 4.52. The third-order valence-electron chi connectivity index (χ3n) is 5.84. The van der Waals surface area contributed by atoms with E-state index in [1.165, 1.54) is 32.2 Å². The lowest BCUT2D eigenvalue weighted by Crippen LogP contribution is -2.43. The second-order valence-corrected chi connectivity index (χ2v) is 7.59. The van der Waals surface area contributed by atoms with Crippen LogP contribution in [0.2, 0.25) is 0 Å². The molecular weight excluding hydrogens is 318 g/mol. The maximum absolute atomic E-state index is 6.26. The highest BCUT2D eigenvalue weighted by atomic mass is 16.5. The maximum atomic E-state index is 6.26. The van der Waals surface area contributed by atoms with Crippen LogP contribution >= 0.6 is 0 Å². The number of nitrogens with zero attached hydrogens (tertiary/aromatic N) is 3. The first-order chi connectivity index (χ1) is 12.4. The van der Waals surface area contributed by atoms with Crippen molar-refractivity contribution < 1.29 is 14.2 Å². The lowest BCUT2D eigenvalue weighted by atomic mass is 9.97. The monoisotopic (exact) mass is 349 g/mol. The summed E-state index contributed by atoms with van der Waals surface area (Å²) in [6, 6.07) is 2.51. The predicted octanol–water partition coefficient (Wildman–Crippen LogP) is 1.95. The molecule has 3 aliphatic rings. The van der Waals surface area contributed by atoms with Gasteiger partial charge in [0.2, 0.25) is 0 Å². The summed E-state index contributed by atoms with van der Waals surface area (Å²) < 4.78 is 19.9. The SMILES string of the molecule is c1cnn(CCCO[C@@H]2CN(CC3CCOCC3)[C@H]3CCCO[C@@H]23)c1. The van der Waals surface area contributed by atoms with Gasteiger partial charge in [0.1, 0.15) is 6.10 Å². The van der Waals surface area contributed by atoms with Gasteiger partial charge in [-0.2, -0.15) is 5.10 Å². The fourth-order valence-corrected chi connectivity index (χ4v) is 4.52. The molecule has 3 saturated heterocycles. The molecule has 3 atom stereocenters. The summed E-state index contributed by atoms with van der Waals surface area (Å²) in [6.07, 6.45) is 10.1. The van der Waals surface area contributed by atoms with Crippen molar-refractivity contribution in [3.05, 3.63) is 18.5 Å². The van der Waals surface area contributed by atoms with E-state index in [0.29, 0.717) is 6.04 Å². The van der Waals surface area contributed by atoms with Crippen molar-refractivity contribution in [2.75, 3.05) is 39.5 Å². The molecule has 1 aromatic heterocycles. The zero-order valence-electron chi connectivity index (χ0n) is 15.1. The Bertz CT molecular complexity index is 504. The number of hydrogen-bond acceptors (Lipinski definition) is 5. The normalized spacial score (nSPS) is 31.3. The maximum Gasteiger partial charge on any atom is 0.100 e. The quantitative estimate of drug-likeness (QED) is 0.704. The average Bonchev–Trinajstić information content (AvgIpc) is 3.29. The molecular formula is C19H31N3O3. The molecule has 3 fully saturated rings. The van der Waals surface area contributed by atoms with Crippen LogP contribution in [0.3, 0.4) is 0 Å². The van der Waals surface area contributed by atoms with Crippen molar-refractivity contribution in [1.29, 1.82) is 0 Å². The Hall–Kier alpha value is -0.950. The van der Waals surface area contributed by atoms with Crippen LogP contribution in [0, 0.1) is 5.92 Å². The average molecular weight is 349 g/mol. The topological polar surface area (TPSA) is 48.8 Å². The van der Waals surface area contributed by atoms with Crippen molar-refractivity contribution in [3.8, 4) is 0 Å². The van der Waals surface area contributed by atoms with E-state index in [4.69, 9.17) is 14.2 Å². The molecule has 25 heavy (non-hydrogen) atoms. The summed E-state index contributed by atoms with van der Waals surface area (Å²) in [5.74, 6) is 0.773. The molecule has 0 saturated carbocycles. The molecule has 4 rings (SSSR count). The molecule has 0 radical (unpaired) electrons. The highest BCUT2D eigenvalue weighted by molar-refractivity contribution is 4.97. The Labute approximate surface area is 150 Å². The van der Waals surface area contributed by atoms with Gasteiger partial charge < -0.3 is 14.2 Å². The molecule has 140 valence electrons. The van der Waals surface area contributed by atoms with Gasteiger partial charge in [-0.3, -0.25) is 9.58 Å². The molecule has 3 aliphatic heterocycles. The zero-order chi connectivity index (χ0) is 16.9. The van der Waals surface area contributed by atoms with E-state index in [9.17, 15) is 0 Å². The lowest BCUT2D eigenvalue weighted by molar-refractivity contribution is -0.0784. The first-order valence-corrected chi connectivity index (χ1v) is 9.92. The number of likely N-dealkylation sites (tertiary alicyclic amines) is 1. The molecule has 0 aliphatic carbocycles. The number of aryl methyl sites for hydroxylation is 1. The van der Waals surface area contributed by atoms with Crippen molar-refractivity contribution in [3.63, 3.8) is 0 Å². The molecule has 0 spiro atoms. The summed E-state index contributed by atoms with van der Waals surface area (Å²) in [4.78, 5) is 2.65. The second kappa shape index (κ2) is 8.62. The van der Waals surface area contributed by atoms with Gasteiger partial charge in [-0.05, 0) is 44.1 Å². The Balaban J connectivity index is 1.27. The van der Waals surface area contributed by atoms with Gasteiger partial charge >= 0.3 is 0 Å². The number of hydrogen-bond donors (Lipinski definition) is 0. The minimum absolute atomic E-state index is 0.225. The predicted molar refractivity (Wildman–Crippen MR) is 94.5 cm³/mol. The van der Waals surface area contributed by atoms with E-state index in [0.717, 1.165) is 51.9 Å². The molecule has 0 N–H and O–H groups in total. The Morgan fingerprint density at radius 1 is 1.16 bits per heavy atom. The van der Waals surface area contributed by atoms with Gasteiger partial charge in [0.05, 0.1) is 6.10 Å². The molecule has 0 unspecified atom stereocenters. The van der Waals surface area contributed by atoms with Crippen LogP contribution in [0.5, 0.6) is 0 Å². The van der Waals surface area contributed by atoms with Crippen molar-refractivity contribution in [1.82, 2.24) is 14.7 Å².